The average molecular weight is 467 g/mol. The van der Waals surface area contributed by atoms with Crippen LogP contribution >= 0.6 is 0 Å². The number of carbonyl (C=O) groups is 1. The Kier molecular flexibility index (Phi) is 6.85. The maximum absolute atomic E-state index is 13.6. The minimum atomic E-state index is -7.37. The first-order chi connectivity index (χ1) is 12.8. The van der Waals surface area contributed by atoms with Gasteiger partial charge in [0.25, 0.3) is 0 Å². The summed E-state index contributed by atoms with van der Waals surface area (Å²) in [4.78, 5) is 12.7. The predicted octanol–water partition coefficient (Wildman–Crippen LogP) is 2.91. The second kappa shape index (κ2) is 7.85. The lowest BCUT2D eigenvalue weighted by Crippen LogP contribution is -2.63. The summed E-state index contributed by atoms with van der Waals surface area (Å²) in [5, 5.41) is -6.92. The fraction of sp³-hybridized carbons (Fsp3) is 0.769. The molecule has 170 valence electrons. The molecule has 1 heterocycles. The Hall–Kier alpha value is -1.71. The zero-order valence-electron chi connectivity index (χ0n) is 14.6. The second-order valence-electron chi connectivity index (χ2n) is 5.82. The van der Waals surface area contributed by atoms with Gasteiger partial charge in [-0.3, -0.25) is 9.69 Å². The minimum Gasteiger partial charge on any atom is -0.468 e. The molecule has 0 saturated heterocycles. The lowest BCUT2D eigenvalue weighted by Gasteiger charge is -2.33. The van der Waals surface area contributed by atoms with Crippen molar-refractivity contribution in [1.82, 2.24) is 4.90 Å². The van der Waals surface area contributed by atoms with Crippen molar-refractivity contribution >= 4 is 16.1 Å². The first-order valence-electron chi connectivity index (χ1n) is 7.48. The Morgan fingerprint density at radius 2 is 1.59 bits per heavy atom. The summed E-state index contributed by atoms with van der Waals surface area (Å²) in [5.41, 5.74) is 0. The van der Waals surface area contributed by atoms with E-state index >= 15 is 0 Å². The van der Waals surface area contributed by atoms with Crippen LogP contribution in [0.25, 0.3) is 0 Å². The van der Waals surface area contributed by atoms with E-state index < -0.39 is 57.6 Å². The molecule has 0 aromatic heterocycles. The monoisotopic (exact) mass is 467 g/mol. The highest BCUT2D eigenvalue weighted by Crippen LogP contribution is 2.55. The van der Waals surface area contributed by atoms with Gasteiger partial charge in [0.2, 0.25) is 0 Å². The van der Waals surface area contributed by atoms with Gasteiger partial charge in [0.15, 0.2) is 0 Å². The fourth-order valence-electron chi connectivity index (χ4n) is 2.12. The first kappa shape index (κ1) is 25.3. The molecule has 16 heteroatoms. The number of esters is 1. The van der Waals surface area contributed by atoms with E-state index in [1.165, 1.54) is 11.8 Å². The number of nitrogens with zero attached hydrogens (tertiary/aromatic N) is 1. The third-order valence-electron chi connectivity index (χ3n) is 3.94. The van der Waals surface area contributed by atoms with Crippen molar-refractivity contribution in [2.24, 2.45) is 0 Å². The fourth-order valence-corrected chi connectivity index (χ4v) is 3.10. The molecule has 0 aliphatic carbocycles. The molecular formula is C13H14F9NO5S. The van der Waals surface area contributed by atoms with Gasteiger partial charge in [0, 0.05) is 19.5 Å². The zero-order valence-corrected chi connectivity index (χ0v) is 15.4. The largest absolute Gasteiger partial charge is 0.468 e. The highest BCUT2D eigenvalue weighted by Gasteiger charge is 2.86. The van der Waals surface area contributed by atoms with Crippen LogP contribution in [-0.2, 0) is 23.8 Å². The quantitative estimate of drug-likeness (QED) is 0.326. The minimum absolute atomic E-state index is 0.224. The molecule has 1 aliphatic rings. The SMILES string of the molecule is COC(=O)C(C)N1CC=C(OS(=O)(=O)C(F)(F)C(F)(F)C(F)(F)C(F)(F)F)CC1. The topological polar surface area (TPSA) is 72.9 Å². The molecule has 29 heavy (non-hydrogen) atoms. The molecule has 1 aliphatic heterocycles. The van der Waals surface area contributed by atoms with Crippen molar-refractivity contribution in [2.75, 3.05) is 20.2 Å². The van der Waals surface area contributed by atoms with E-state index in [1.54, 1.807) is 0 Å². The van der Waals surface area contributed by atoms with Crippen LogP contribution in [0.1, 0.15) is 13.3 Å². The second-order valence-corrected chi connectivity index (χ2v) is 7.40. The van der Waals surface area contributed by atoms with Crippen LogP contribution in [0.3, 0.4) is 0 Å². The molecule has 0 radical (unpaired) electrons. The van der Waals surface area contributed by atoms with Crippen molar-refractivity contribution in [3.63, 3.8) is 0 Å². The number of hydrogen-bond acceptors (Lipinski definition) is 6. The smallest absolute Gasteiger partial charge is 0.460 e. The Morgan fingerprint density at radius 3 is 1.97 bits per heavy atom. The number of hydrogen-bond donors (Lipinski definition) is 0. The third-order valence-corrected chi connectivity index (χ3v) is 5.25. The molecule has 1 rings (SSSR count). The molecule has 1 atom stereocenters. The number of rotatable bonds is 7. The first-order valence-corrected chi connectivity index (χ1v) is 8.89. The van der Waals surface area contributed by atoms with Gasteiger partial charge in [-0.05, 0) is 13.0 Å². The van der Waals surface area contributed by atoms with Gasteiger partial charge >= 0.3 is 39.4 Å². The van der Waals surface area contributed by atoms with E-state index in [9.17, 15) is 52.7 Å². The van der Waals surface area contributed by atoms with Crippen LogP contribution in [0.4, 0.5) is 39.5 Å². The highest BCUT2D eigenvalue weighted by molar-refractivity contribution is 7.88. The zero-order chi connectivity index (χ0) is 23.1. The summed E-state index contributed by atoms with van der Waals surface area (Å²) in [6.45, 7) is 0.830. The average Bonchev–Trinajstić information content (AvgIpc) is 2.59. The summed E-state index contributed by atoms with van der Waals surface area (Å²) in [6, 6.07) is -0.870. The van der Waals surface area contributed by atoms with Crippen LogP contribution in [0.2, 0.25) is 0 Å². The molecule has 0 aromatic carbocycles. The summed E-state index contributed by atoms with van der Waals surface area (Å²) in [7, 11) is -5.89. The molecule has 1 unspecified atom stereocenters. The lowest BCUT2D eigenvalue weighted by molar-refractivity contribution is -0.382. The molecule has 0 bridgehead atoms. The van der Waals surface area contributed by atoms with E-state index in [-0.39, 0.29) is 13.1 Å². The Morgan fingerprint density at radius 1 is 1.07 bits per heavy atom. The van der Waals surface area contributed by atoms with Crippen molar-refractivity contribution in [2.45, 2.75) is 42.7 Å². The Bertz CT molecular complexity index is 763. The molecule has 0 spiro atoms. The van der Waals surface area contributed by atoms with Crippen molar-refractivity contribution < 1.29 is 61.6 Å². The van der Waals surface area contributed by atoms with Gasteiger partial charge in [0.1, 0.15) is 11.8 Å². The molecule has 0 aromatic rings. The van der Waals surface area contributed by atoms with E-state index in [0.717, 1.165) is 13.2 Å². The maximum atomic E-state index is 13.6. The molecule has 0 saturated carbocycles. The molecular weight excluding hydrogens is 453 g/mol. The number of alkyl halides is 9. The molecule has 0 amide bonds. The number of halogens is 9. The Balaban J connectivity index is 3.08. The summed E-state index contributed by atoms with van der Waals surface area (Å²) >= 11 is 0. The van der Waals surface area contributed by atoms with Crippen LogP contribution in [-0.4, -0.2) is 68.8 Å². The van der Waals surface area contributed by atoms with Crippen molar-refractivity contribution in [1.29, 1.82) is 0 Å². The normalized spacial score (nSPS) is 18.8. The summed E-state index contributed by atoms with van der Waals surface area (Å²) < 4.78 is 147. The van der Waals surface area contributed by atoms with Gasteiger partial charge in [-0.25, -0.2) is 0 Å². The van der Waals surface area contributed by atoms with Gasteiger partial charge in [0.05, 0.1) is 7.11 Å². The summed E-state index contributed by atoms with van der Waals surface area (Å²) in [6.07, 6.45) is -6.96. The van der Waals surface area contributed by atoms with Crippen LogP contribution in [0.5, 0.6) is 0 Å². The van der Waals surface area contributed by atoms with Crippen molar-refractivity contribution in [3.8, 4) is 0 Å². The van der Waals surface area contributed by atoms with E-state index in [1.807, 2.05) is 0 Å². The lowest BCUT2D eigenvalue weighted by atomic mass is 10.1. The molecule has 0 N–H and O–H groups in total. The standard InChI is InChI=1S/C13H14F9NO5S/c1-7(9(24)27-2)23-5-3-8(4-6-23)28-29(25,26)13(21,22)11(16,17)10(14,15)12(18,19)20/h3,7H,4-6H2,1-2H3. The van der Waals surface area contributed by atoms with E-state index in [2.05, 4.69) is 8.92 Å². The summed E-state index contributed by atoms with van der Waals surface area (Å²) in [5.74, 6) is -16.3. The number of methoxy groups -OCH3 is 1. The maximum Gasteiger partial charge on any atom is 0.460 e. The van der Waals surface area contributed by atoms with Crippen LogP contribution in [0, 0.1) is 0 Å². The van der Waals surface area contributed by atoms with Gasteiger partial charge < -0.3 is 8.92 Å². The van der Waals surface area contributed by atoms with Crippen LogP contribution in [0.15, 0.2) is 11.8 Å². The highest BCUT2D eigenvalue weighted by atomic mass is 32.2. The number of ether oxygens (including phenoxy) is 1. The van der Waals surface area contributed by atoms with Crippen LogP contribution < -0.4 is 0 Å². The predicted molar refractivity (Wildman–Crippen MR) is 76.7 cm³/mol. The molecule has 0 fully saturated rings. The van der Waals surface area contributed by atoms with Crippen molar-refractivity contribution in [3.05, 3.63) is 11.8 Å². The Labute approximate surface area is 158 Å². The third kappa shape index (κ3) is 4.41. The number of carbonyl (C=O) groups excluding carboxylic acids is 1. The van der Waals surface area contributed by atoms with E-state index in [0.29, 0.717) is 0 Å². The molecule has 6 nitrogen and oxygen atoms in total. The van der Waals surface area contributed by atoms with E-state index in [4.69, 9.17) is 0 Å². The van der Waals surface area contributed by atoms with Gasteiger partial charge in [-0.1, -0.05) is 0 Å². The van der Waals surface area contributed by atoms with Gasteiger partial charge in [-0.2, -0.15) is 47.9 Å². The van der Waals surface area contributed by atoms with Gasteiger partial charge in [-0.15, -0.1) is 0 Å².